The topological polar surface area (TPSA) is 35.5 Å². The van der Waals surface area contributed by atoms with Gasteiger partial charge in [0.05, 0.1) is 19.8 Å². The lowest BCUT2D eigenvalue weighted by atomic mass is 10.0. The zero-order valence-corrected chi connectivity index (χ0v) is 15.4. The second-order valence-electron chi connectivity index (χ2n) is 5.48. The Hall–Kier alpha value is -2.34. The zero-order chi connectivity index (χ0) is 18.9. The number of methoxy groups -OCH3 is 2. The van der Waals surface area contributed by atoms with Gasteiger partial charge in [0.15, 0.2) is 0 Å². The monoisotopic (exact) mass is 378 g/mol. The molecule has 138 valence electrons. The molecule has 0 saturated heterocycles. The van der Waals surface area contributed by atoms with Crippen LogP contribution in [0.4, 0.5) is 8.78 Å². The summed E-state index contributed by atoms with van der Waals surface area (Å²) in [4.78, 5) is 12.7. The molecule has 6 heteroatoms. The van der Waals surface area contributed by atoms with Gasteiger partial charge in [-0.25, -0.2) is 4.79 Å². The van der Waals surface area contributed by atoms with E-state index in [1.807, 2.05) is 24.3 Å². The molecule has 1 unspecified atom stereocenters. The molecule has 0 saturated carbocycles. The van der Waals surface area contributed by atoms with E-state index in [0.29, 0.717) is 24.2 Å². The van der Waals surface area contributed by atoms with Crippen LogP contribution in [0.3, 0.4) is 0 Å². The molecular formula is C20H20F2O3S. The van der Waals surface area contributed by atoms with Crippen molar-refractivity contribution in [3.8, 4) is 5.75 Å². The molecule has 0 radical (unpaired) electrons. The molecule has 26 heavy (non-hydrogen) atoms. The minimum Gasteiger partial charge on any atom is -0.497 e. The molecule has 2 rings (SSSR count). The van der Waals surface area contributed by atoms with E-state index >= 15 is 0 Å². The number of aryl methyl sites for hydroxylation is 1. The van der Waals surface area contributed by atoms with Crippen LogP contribution >= 0.6 is 11.8 Å². The van der Waals surface area contributed by atoms with Gasteiger partial charge in [-0.3, -0.25) is 0 Å². The average Bonchev–Trinajstić information content (AvgIpc) is 2.66. The maximum atomic E-state index is 12.8. The first-order chi connectivity index (χ1) is 12.5. The van der Waals surface area contributed by atoms with Crippen molar-refractivity contribution in [1.29, 1.82) is 0 Å². The third-order valence-corrected chi connectivity index (χ3v) is 5.00. The lowest BCUT2D eigenvalue weighted by molar-refractivity contribution is 0.0599. The van der Waals surface area contributed by atoms with E-state index in [9.17, 15) is 13.6 Å². The van der Waals surface area contributed by atoms with Crippen LogP contribution in [0, 0.1) is 0 Å². The highest BCUT2D eigenvalue weighted by atomic mass is 32.2. The average molecular weight is 378 g/mol. The van der Waals surface area contributed by atoms with Crippen molar-refractivity contribution >= 4 is 17.7 Å². The summed E-state index contributed by atoms with van der Waals surface area (Å²) in [6.07, 6.45) is 0.192. The Labute approximate surface area is 156 Å². The quantitative estimate of drug-likeness (QED) is 0.458. The van der Waals surface area contributed by atoms with Crippen LogP contribution in [0.5, 0.6) is 5.75 Å². The van der Waals surface area contributed by atoms with Gasteiger partial charge in [-0.1, -0.05) is 18.2 Å². The highest BCUT2D eigenvalue weighted by Gasteiger charge is 2.15. The van der Waals surface area contributed by atoms with Gasteiger partial charge in [-0.15, -0.1) is 11.8 Å². The number of thioether (sulfide) groups is 1. The third-order valence-electron chi connectivity index (χ3n) is 3.78. The first-order valence-corrected chi connectivity index (χ1v) is 8.91. The molecule has 0 N–H and O–H groups in total. The fourth-order valence-corrected chi connectivity index (χ4v) is 3.54. The molecule has 0 aliphatic heterocycles. The first-order valence-electron chi connectivity index (χ1n) is 8.03. The highest BCUT2D eigenvalue weighted by Crippen LogP contribution is 2.30. The summed E-state index contributed by atoms with van der Waals surface area (Å²) in [6, 6.07) is 14.3. The predicted octanol–water partition coefficient (Wildman–Crippen LogP) is 5.36. The summed E-state index contributed by atoms with van der Waals surface area (Å²) < 4.78 is 35.6. The van der Waals surface area contributed by atoms with Gasteiger partial charge >= 0.3 is 5.97 Å². The van der Waals surface area contributed by atoms with Crippen LogP contribution in [0.2, 0.25) is 0 Å². The summed E-state index contributed by atoms with van der Waals surface area (Å²) in [6.45, 7) is 0. The third kappa shape index (κ3) is 5.88. The van der Waals surface area contributed by atoms with Crippen molar-refractivity contribution in [2.75, 3.05) is 14.2 Å². The standard InChI is InChI=1S/C20H20F2O3S/c1-24-15-8-11-16(12-9-15)26-17(13-19(21)22)10-7-14-5-3-4-6-18(14)20(23)25-2/h3-6,8-9,11-13,17H,7,10H2,1-2H3. The number of ether oxygens (including phenoxy) is 2. The van der Waals surface area contributed by atoms with E-state index in [4.69, 9.17) is 9.47 Å². The lowest BCUT2D eigenvalue weighted by Gasteiger charge is -2.14. The molecule has 0 aliphatic carbocycles. The van der Waals surface area contributed by atoms with Crippen LogP contribution in [-0.2, 0) is 11.2 Å². The van der Waals surface area contributed by atoms with Crippen LogP contribution in [0.15, 0.2) is 65.6 Å². The van der Waals surface area contributed by atoms with Crippen molar-refractivity contribution in [3.63, 3.8) is 0 Å². The summed E-state index contributed by atoms with van der Waals surface area (Å²) in [7, 11) is 2.90. The van der Waals surface area contributed by atoms with Gasteiger partial charge < -0.3 is 9.47 Å². The Kier molecular flexibility index (Phi) is 7.66. The number of carbonyl (C=O) groups excluding carboxylic acids is 1. The van der Waals surface area contributed by atoms with E-state index < -0.39 is 17.3 Å². The Morgan fingerprint density at radius 2 is 1.81 bits per heavy atom. The number of hydrogen-bond acceptors (Lipinski definition) is 4. The number of hydrogen-bond donors (Lipinski definition) is 0. The Morgan fingerprint density at radius 1 is 1.12 bits per heavy atom. The van der Waals surface area contributed by atoms with Crippen LogP contribution < -0.4 is 4.74 Å². The lowest BCUT2D eigenvalue weighted by Crippen LogP contribution is -2.08. The Balaban J connectivity index is 2.11. The van der Waals surface area contributed by atoms with Gasteiger partial charge in [0.1, 0.15) is 5.75 Å². The fourth-order valence-electron chi connectivity index (χ4n) is 2.49. The molecule has 0 fully saturated rings. The number of carbonyl (C=O) groups is 1. The second kappa shape index (κ2) is 9.97. The number of halogens is 2. The molecule has 2 aromatic rings. The van der Waals surface area contributed by atoms with E-state index in [-0.39, 0.29) is 0 Å². The molecule has 0 amide bonds. The van der Waals surface area contributed by atoms with Crippen LogP contribution in [-0.4, -0.2) is 25.4 Å². The summed E-state index contributed by atoms with van der Waals surface area (Å²) in [5, 5.41) is -0.418. The van der Waals surface area contributed by atoms with Gasteiger partial charge in [0, 0.05) is 10.1 Å². The molecule has 2 aromatic carbocycles. The van der Waals surface area contributed by atoms with Gasteiger partial charge in [0.2, 0.25) is 0 Å². The summed E-state index contributed by atoms with van der Waals surface area (Å²) in [5.74, 6) is 0.289. The van der Waals surface area contributed by atoms with Gasteiger partial charge in [-0.05, 0) is 54.8 Å². The van der Waals surface area contributed by atoms with Crippen molar-refractivity contribution in [2.24, 2.45) is 0 Å². The number of rotatable bonds is 8. The largest absolute Gasteiger partial charge is 0.497 e. The van der Waals surface area contributed by atoms with E-state index in [1.54, 1.807) is 31.4 Å². The first kappa shape index (κ1) is 20.0. The summed E-state index contributed by atoms with van der Waals surface area (Å²) >= 11 is 1.35. The second-order valence-corrected chi connectivity index (χ2v) is 6.79. The van der Waals surface area contributed by atoms with Crippen LogP contribution in [0.25, 0.3) is 0 Å². The smallest absolute Gasteiger partial charge is 0.338 e. The molecule has 0 bridgehead atoms. The van der Waals surface area contributed by atoms with Crippen molar-refractivity contribution < 1.29 is 23.0 Å². The minimum absolute atomic E-state index is 0.418. The van der Waals surface area contributed by atoms with Gasteiger partial charge in [-0.2, -0.15) is 8.78 Å². The SMILES string of the molecule is COC(=O)c1ccccc1CCC(C=C(F)F)Sc1ccc(OC)cc1. The van der Waals surface area contributed by atoms with Crippen LogP contribution in [0.1, 0.15) is 22.3 Å². The molecule has 0 heterocycles. The zero-order valence-electron chi connectivity index (χ0n) is 14.6. The molecule has 1 atom stereocenters. The molecule has 3 nitrogen and oxygen atoms in total. The van der Waals surface area contributed by atoms with E-state index in [1.165, 1.54) is 18.9 Å². The Bertz CT molecular complexity index is 756. The molecule has 0 spiro atoms. The minimum atomic E-state index is -1.71. The van der Waals surface area contributed by atoms with Crippen molar-refractivity contribution in [2.45, 2.75) is 23.0 Å². The van der Waals surface area contributed by atoms with Gasteiger partial charge in [0.25, 0.3) is 6.08 Å². The number of esters is 1. The molecule has 0 aromatic heterocycles. The highest BCUT2D eigenvalue weighted by molar-refractivity contribution is 8.00. The normalized spacial score (nSPS) is 11.5. The Morgan fingerprint density at radius 3 is 2.42 bits per heavy atom. The van der Waals surface area contributed by atoms with E-state index in [0.717, 1.165) is 16.5 Å². The maximum Gasteiger partial charge on any atom is 0.338 e. The summed E-state index contributed by atoms with van der Waals surface area (Å²) in [5.41, 5.74) is 1.25. The van der Waals surface area contributed by atoms with Crippen molar-refractivity contribution in [1.82, 2.24) is 0 Å². The van der Waals surface area contributed by atoms with Crippen molar-refractivity contribution in [3.05, 3.63) is 71.8 Å². The molecular weight excluding hydrogens is 358 g/mol. The fraction of sp³-hybridized carbons (Fsp3) is 0.250. The maximum absolute atomic E-state index is 12.8. The predicted molar refractivity (Wildman–Crippen MR) is 99.0 cm³/mol. The number of benzene rings is 2. The molecule has 0 aliphatic rings. The van der Waals surface area contributed by atoms with E-state index in [2.05, 4.69) is 0 Å².